The van der Waals surface area contributed by atoms with Crippen LogP contribution in [0, 0.1) is 26.7 Å². The third-order valence-electron chi connectivity index (χ3n) is 6.90. The first kappa shape index (κ1) is 23.6. The molecule has 0 bridgehead atoms. The molecule has 0 unspecified atom stereocenters. The molecule has 0 spiro atoms. The molecule has 3 heterocycles. The van der Waals surface area contributed by atoms with Gasteiger partial charge in [0.05, 0.1) is 11.4 Å². The maximum Gasteiger partial charge on any atom is 0.259 e. The predicted molar refractivity (Wildman–Crippen MR) is 141 cm³/mol. The van der Waals surface area contributed by atoms with Gasteiger partial charge in [0.25, 0.3) is 5.91 Å². The van der Waals surface area contributed by atoms with Crippen molar-refractivity contribution in [2.75, 3.05) is 18.4 Å². The van der Waals surface area contributed by atoms with Crippen molar-refractivity contribution in [3.05, 3.63) is 95.4 Å². The second-order valence-electron chi connectivity index (χ2n) is 9.50. The zero-order chi connectivity index (χ0) is 25.2. The lowest BCUT2D eigenvalue weighted by atomic mass is 9.95. The van der Waals surface area contributed by atoms with Gasteiger partial charge in [-0.25, -0.2) is 4.68 Å². The highest BCUT2D eigenvalue weighted by atomic mass is 16.2. The minimum atomic E-state index is -0.119. The molecule has 1 saturated heterocycles. The Morgan fingerprint density at radius 2 is 1.61 bits per heavy atom. The molecule has 0 saturated carbocycles. The number of piperidine rings is 1. The third-order valence-corrected chi connectivity index (χ3v) is 6.90. The van der Waals surface area contributed by atoms with Crippen LogP contribution in [0.1, 0.15) is 40.0 Å². The van der Waals surface area contributed by atoms with E-state index in [9.17, 15) is 9.59 Å². The number of hydrogen-bond donors (Lipinski definition) is 1. The summed E-state index contributed by atoms with van der Waals surface area (Å²) in [4.78, 5) is 28.6. The van der Waals surface area contributed by atoms with E-state index in [4.69, 9.17) is 5.10 Å². The van der Waals surface area contributed by atoms with Crippen LogP contribution in [0.2, 0.25) is 0 Å². The average Bonchev–Trinajstić information content (AvgIpc) is 3.54. The van der Waals surface area contributed by atoms with Crippen molar-refractivity contribution in [1.29, 1.82) is 0 Å². The van der Waals surface area contributed by atoms with Gasteiger partial charge in [0, 0.05) is 37.1 Å². The topological polar surface area (TPSA) is 72.2 Å². The Balaban J connectivity index is 1.35. The second kappa shape index (κ2) is 9.85. The minimum absolute atomic E-state index is 0.0249. The monoisotopic (exact) mass is 481 g/mol. The standard InChI is InChI=1S/C29H31N5O2/c1-20-11-12-21(2)25(19-20)30-27(35)23-13-17-33(18-14-23)29(36)26-22(3)31-34(24-9-5-4-6-10-24)28(26)32-15-7-8-16-32/h4-12,15-16,19,23H,13-14,17-18H2,1-3H3,(H,30,35). The highest BCUT2D eigenvalue weighted by Crippen LogP contribution is 2.27. The first-order valence-electron chi connectivity index (χ1n) is 12.4. The van der Waals surface area contributed by atoms with Crippen LogP contribution in [0.3, 0.4) is 0 Å². The van der Waals surface area contributed by atoms with Crippen LogP contribution in [0.15, 0.2) is 73.1 Å². The van der Waals surface area contributed by atoms with Gasteiger partial charge in [-0.2, -0.15) is 5.10 Å². The summed E-state index contributed by atoms with van der Waals surface area (Å²) in [6, 6.07) is 19.8. The van der Waals surface area contributed by atoms with Crippen LogP contribution in [0.4, 0.5) is 5.69 Å². The third kappa shape index (κ3) is 4.56. The Morgan fingerprint density at radius 3 is 2.31 bits per heavy atom. The molecule has 0 radical (unpaired) electrons. The fourth-order valence-electron chi connectivity index (χ4n) is 4.84. The van der Waals surface area contributed by atoms with E-state index in [0.29, 0.717) is 37.2 Å². The molecule has 5 rings (SSSR count). The molecule has 7 nitrogen and oxygen atoms in total. The van der Waals surface area contributed by atoms with Gasteiger partial charge < -0.3 is 14.8 Å². The van der Waals surface area contributed by atoms with Crippen LogP contribution >= 0.6 is 0 Å². The van der Waals surface area contributed by atoms with Gasteiger partial charge in [-0.1, -0.05) is 30.3 Å². The number of nitrogens with zero attached hydrogens (tertiary/aromatic N) is 4. The first-order chi connectivity index (χ1) is 17.4. The van der Waals surface area contributed by atoms with E-state index in [2.05, 4.69) is 5.32 Å². The number of amides is 2. The Kier molecular flexibility index (Phi) is 6.46. The molecule has 2 aromatic carbocycles. The van der Waals surface area contributed by atoms with Crippen molar-refractivity contribution in [2.24, 2.45) is 5.92 Å². The van der Waals surface area contributed by atoms with Crippen LogP contribution in [0.25, 0.3) is 11.5 Å². The van der Waals surface area contributed by atoms with E-state index in [-0.39, 0.29) is 17.7 Å². The lowest BCUT2D eigenvalue weighted by Crippen LogP contribution is -2.42. The van der Waals surface area contributed by atoms with E-state index in [1.54, 1.807) is 0 Å². The molecule has 184 valence electrons. The molecule has 36 heavy (non-hydrogen) atoms. The Hall–Kier alpha value is -4.13. The molecule has 1 aliphatic rings. The highest BCUT2D eigenvalue weighted by molar-refractivity contribution is 5.99. The molecule has 7 heteroatoms. The van der Waals surface area contributed by atoms with E-state index >= 15 is 0 Å². The average molecular weight is 482 g/mol. The summed E-state index contributed by atoms with van der Waals surface area (Å²) >= 11 is 0. The number of likely N-dealkylation sites (tertiary alicyclic amines) is 1. The van der Waals surface area contributed by atoms with E-state index < -0.39 is 0 Å². The molecular weight excluding hydrogens is 450 g/mol. The van der Waals surface area contributed by atoms with Crippen molar-refractivity contribution < 1.29 is 9.59 Å². The number of aromatic nitrogens is 3. The fraction of sp³-hybridized carbons (Fsp3) is 0.276. The number of benzene rings is 2. The van der Waals surface area contributed by atoms with Crippen LogP contribution in [-0.4, -0.2) is 44.2 Å². The largest absolute Gasteiger partial charge is 0.338 e. The van der Waals surface area contributed by atoms with Gasteiger partial charge >= 0.3 is 0 Å². The summed E-state index contributed by atoms with van der Waals surface area (Å²) in [6.07, 6.45) is 5.12. The zero-order valence-electron chi connectivity index (χ0n) is 20.9. The summed E-state index contributed by atoms with van der Waals surface area (Å²) in [5.41, 5.74) is 5.19. The maximum atomic E-state index is 13.8. The summed E-state index contributed by atoms with van der Waals surface area (Å²) in [6.45, 7) is 6.96. The number of para-hydroxylation sites is 1. The zero-order valence-corrected chi connectivity index (χ0v) is 20.9. The van der Waals surface area contributed by atoms with Crippen LogP contribution < -0.4 is 5.32 Å². The number of rotatable bonds is 5. The molecule has 4 aromatic rings. The van der Waals surface area contributed by atoms with Crippen molar-refractivity contribution in [1.82, 2.24) is 19.2 Å². The normalized spacial score (nSPS) is 14.1. The van der Waals surface area contributed by atoms with Crippen molar-refractivity contribution in [3.8, 4) is 11.5 Å². The number of anilines is 1. The minimum Gasteiger partial charge on any atom is -0.338 e. The maximum absolute atomic E-state index is 13.8. The predicted octanol–water partition coefficient (Wildman–Crippen LogP) is 5.08. The molecule has 1 aliphatic heterocycles. The summed E-state index contributed by atoms with van der Waals surface area (Å²) in [5, 5.41) is 7.84. The lowest BCUT2D eigenvalue weighted by molar-refractivity contribution is -0.121. The quantitative estimate of drug-likeness (QED) is 0.432. The number of aryl methyl sites for hydroxylation is 3. The molecule has 2 aromatic heterocycles. The van der Waals surface area contributed by atoms with Crippen LogP contribution in [0.5, 0.6) is 0 Å². The smallest absolute Gasteiger partial charge is 0.259 e. The van der Waals surface area contributed by atoms with Gasteiger partial charge in [0.2, 0.25) is 5.91 Å². The van der Waals surface area contributed by atoms with Gasteiger partial charge in [0.1, 0.15) is 5.56 Å². The van der Waals surface area contributed by atoms with Gasteiger partial charge in [-0.15, -0.1) is 0 Å². The summed E-state index contributed by atoms with van der Waals surface area (Å²) in [7, 11) is 0. The second-order valence-corrected chi connectivity index (χ2v) is 9.50. The van der Waals surface area contributed by atoms with Crippen molar-refractivity contribution in [3.63, 3.8) is 0 Å². The summed E-state index contributed by atoms with van der Waals surface area (Å²) in [5.74, 6) is 0.582. The van der Waals surface area contributed by atoms with Crippen molar-refractivity contribution in [2.45, 2.75) is 33.6 Å². The molecule has 2 amide bonds. The van der Waals surface area contributed by atoms with E-state index in [1.165, 1.54) is 0 Å². The number of nitrogens with one attached hydrogen (secondary N) is 1. The first-order valence-corrected chi connectivity index (χ1v) is 12.4. The Morgan fingerprint density at radius 1 is 0.917 bits per heavy atom. The number of carbonyl (C=O) groups is 2. The molecule has 0 atom stereocenters. The lowest BCUT2D eigenvalue weighted by Gasteiger charge is -2.31. The SMILES string of the molecule is Cc1ccc(C)c(NC(=O)C2CCN(C(=O)c3c(C)nn(-c4ccccc4)c3-n3cccc3)CC2)c1. The van der Waals surface area contributed by atoms with Gasteiger partial charge in [0.15, 0.2) is 5.82 Å². The molecule has 1 N–H and O–H groups in total. The molecular formula is C29H31N5O2. The molecule has 1 fully saturated rings. The summed E-state index contributed by atoms with van der Waals surface area (Å²) < 4.78 is 3.76. The van der Waals surface area contributed by atoms with Crippen LogP contribution in [-0.2, 0) is 4.79 Å². The van der Waals surface area contributed by atoms with Gasteiger partial charge in [-0.05, 0) is 75.1 Å². The van der Waals surface area contributed by atoms with Crippen molar-refractivity contribution >= 4 is 17.5 Å². The highest BCUT2D eigenvalue weighted by Gasteiger charge is 2.32. The Bertz CT molecular complexity index is 1380. The van der Waals surface area contributed by atoms with Gasteiger partial charge in [-0.3, -0.25) is 9.59 Å². The number of carbonyl (C=O) groups excluding carboxylic acids is 2. The molecule has 0 aliphatic carbocycles. The van der Waals surface area contributed by atoms with E-state index in [0.717, 1.165) is 28.3 Å². The van der Waals surface area contributed by atoms with E-state index in [1.807, 2.05) is 108 Å². The number of hydrogen-bond acceptors (Lipinski definition) is 3. The Labute approximate surface area is 211 Å². The fourth-order valence-corrected chi connectivity index (χ4v) is 4.84.